The van der Waals surface area contributed by atoms with E-state index in [1.807, 2.05) is 0 Å². The number of hydrogen-bond donors (Lipinski definition) is 2. The van der Waals surface area contributed by atoms with Gasteiger partial charge in [0, 0.05) is 5.02 Å². The van der Waals surface area contributed by atoms with E-state index in [1.54, 1.807) is 45.0 Å². The fourth-order valence-corrected chi connectivity index (χ4v) is 1.54. The van der Waals surface area contributed by atoms with Crippen LogP contribution in [0.5, 0.6) is 5.75 Å². The highest BCUT2D eigenvalue weighted by Gasteiger charge is 2.24. The highest BCUT2D eigenvalue weighted by molar-refractivity contribution is 6.30. The largest absolute Gasteiger partial charge is 0.491 e. The fourth-order valence-electron chi connectivity index (χ4n) is 1.36. The highest BCUT2D eigenvalue weighted by Crippen LogP contribution is 2.17. The third-order valence-electron chi connectivity index (χ3n) is 2.20. The van der Waals surface area contributed by atoms with Crippen molar-refractivity contribution in [1.82, 2.24) is 5.32 Å². The third kappa shape index (κ3) is 6.85. The average molecular weight is 316 g/mol. The Hall–Kier alpha value is -1.95. The molecule has 2 N–H and O–H groups in total. The number of rotatable bonds is 5. The van der Waals surface area contributed by atoms with Crippen molar-refractivity contribution in [3.05, 3.63) is 29.3 Å². The van der Waals surface area contributed by atoms with Gasteiger partial charge in [-0.05, 0) is 39.0 Å². The van der Waals surface area contributed by atoms with Crippen molar-refractivity contribution in [1.29, 1.82) is 0 Å². The number of carbonyl (C=O) groups excluding carboxylic acids is 1. The first-order valence-corrected chi connectivity index (χ1v) is 6.66. The van der Waals surface area contributed by atoms with E-state index in [4.69, 9.17) is 26.2 Å². The summed E-state index contributed by atoms with van der Waals surface area (Å²) in [7, 11) is 0. The predicted molar refractivity (Wildman–Crippen MR) is 77.7 cm³/mol. The molecule has 1 amide bonds. The lowest BCUT2D eigenvalue weighted by molar-refractivity contribution is -0.140. The molecule has 0 spiro atoms. The predicted octanol–water partition coefficient (Wildman–Crippen LogP) is 2.70. The van der Waals surface area contributed by atoms with Crippen LogP contribution in [0.15, 0.2) is 24.3 Å². The number of carbonyl (C=O) groups is 2. The maximum absolute atomic E-state index is 11.6. The number of nitrogens with one attached hydrogen (secondary N) is 1. The molecule has 1 rings (SSSR count). The maximum Gasteiger partial charge on any atom is 0.408 e. The first-order chi connectivity index (χ1) is 9.67. The van der Waals surface area contributed by atoms with E-state index in [-0.39, 0.29) is 6.61 Å². The number of aliphatic carboxylic acids is 1. The lowest BCUT2D eigenvalue weighted by Crippen LogP contribution is -2.46. The number of halogens is 1. The monoisotopic (exact) mass is 315 g/mol. The van der Waals surface area contributed by atoms with Gasteiger partial charge in [-0.2, -0.15) is 0 Å². The molecule has 0 saturated carbocycles. The molecule has 0 aromatic heterocycles. The Bertz CT molecular complexity index is 512. The SMILES string of the molecule is CC(C)(C)OC(=O)N[C@H](COc1cccc(Cl)c1)C(=O)O. The van der Waals surface area contributed by atoms with Gasteiger partial charge in [0.25, 0.3) is 0 Å². The molecule has 116 valence electrons. The lowest BCUT2D eigenvalue weighted by atomic mass is 10.2. The minimum Gasteiger partial charge on any atom is -0.491 e. The van der Waals surface area contributed by atoms with Crippen LogP contribution >= 0.6 is 11.6 Å². The molecular weight excluding hydrogens is 298 g/mol. The molecule has 6 nitrogen and oxygen atoms in total. The Morgan fingerprint density at radius 3 is 2.57 bits per heavy atom. The molecule has 0 radical (unpaired) electrons. The molecule has 0 aliphatic heterocycles. The summed E-state index contributed by atoms with van der Waals surface area (Å²) in [5.74, 6) is -0.803. The van der Waals surface area contributed by atoms with E-state index in [1.165, 1.54) is 0 Å². The van der Waals surface area contributed by atoms with Gasteiger partial charge in [-0.1, -0.05) is 17.7 Å². The second-order valence-electron chi connectivity index (χ2n) is 5.31. The van der Waals surface area contributed by atoms with Crippen molar-refractivity contribution in [2.24, 2.45) is 0 Å². The van der Waals surface area contributed by atoms with Gasteiger partial charge in [-0.25, -0.2) is 9.59 Å². The van der Waals surface area contributed by atoms with E-state index < -0.39 is 23.7 Å². The van der Waals surface area contributed by atoms with Crippen molar-refractivity contribution < 1.29 is 24.2 Å². The molecule has 0 saturated heterocycles. The number of amides is 1. The Balaban J connectivity index is 2.58. The van der Waals surface area contributed by atoms with Crippen LogP contribution in [-0.2, 0) is 9.53 Å². The summed E-state index contributed by atoms with van der Waals surface area (Å²) < 4.78 is 10.3. The fraction of sp³-hybridized carbons (Fsp3) is 0.429. The van der Waals surface area contributed by atoms with Gasteiger partial charge in [0.2, 0.25) is 0 Å². The summed E-state index contributed by atoms with van der Waals surface area (Å²) in [6.45, 7) is 4.81. The lowest BCUT2D eigenvalue weighted by Gasteiger charge is -2.22. The number of hydrogen-bond acceptors (Lipinski definition) is 4. The Morgan fingerprint density at radius 1 is 1.38 bits per heavy atom. The Kier molecular flexibility index (Phi) is 5.84. The van der Waals surface area contributed by atoms with E-state index in [0.717, 1.165) is 0 Å². The zero-order valence-corrected chi connectivity index (χ0v) is 12.8. The summed E-state index contributed by atoms with van der Waals surface area (Å²) in [5.41, 5.74) is -0.707. The molecule has 0 aliphatic rings. The van der Waals surface area contributed by atoms with Crippen molar-refractivity contribution in [2.45, 2.75) is 32.4 Å². The first kappa shape index (κ1) is 17.1. The summed E-state index contributed by atoms with van der Waals surface area (Å²) in [6.07, 6.45) is -0.815. The van der Waals surface area contributed by atoms with E-state index >= 15 is 0 Å². The Morgan fingerprint density at radius 2 is 2.05 bits per heavy atom. The minimum absolute atomic E-state index is 0.241. The first-order valence-electron chi connectivity index (χ1n) is 6.28. The van der Waals surface area contributed by atoms with Crippen LogP contribution in [0.1, 0.15) is 20.8 Å². The van der Waals surface area contributed by atoms with E-state index in [9.17, 15) is 9.59 Å². The van der Waals surface area contributed by atoms with Gasteiger partial charge in [0.05, 0.1) is 0 Å². The van der Waals surface area contributed by atoms with Gasteiger partial charge in [0.1, 0.15) is 18.0 Å². The van der Waals surface area contributed by atoms with Crippen LogP contribution in [0.2, 0.25) is 5.02 Å². The molecular formula is C14H18ClNO5. The molecule has 0 fully saturated rings. The number of carboxylic acid groups (broad SMARTS) is 1. The summed E-state index contributed by atoms with van der Waals surface area (Å²) in [6, 6.07) is 5.31. The third-order valence-corrected chi connectivity index (χ3v) is 2.44. The van der Waals surface area contributed by atoms with Crippen LogP contribution in [0.3, 0.4) is 0 Å². The van der Waals surface area contributed by atoms with Crippen molar-refractivity contribution >= 4 is 23.7 Å². The number of alkyl carbamates (subject to hydrolysis) is 1. The standard InChI is InChI=1S/C14H18ClNO5/c1-14(2,3)21-13(19)16-11(12(17)18)8-20-10-6-4-5-9(15)7-10/h4-7,11H,8H2,1-3H3,(H,16,19)(H,17,18)/t11-/m1/s1. The number of ether oxygens (including phenoxy) is 2. The van der Waals surface area contributed by atoms with Gasteiger partial charge in [-0.15, -0.1) is 0 Å². The zero-order chi connectivity index (χ0) is 16.0. The molecule has 0 heterocycles. The minimum atomic E-state index is -1.22. The summed E-state index contributed by atoms with van der Waals surface area (Å²) >= 11 is 5.79. The molecule has 1 atom stereocenters. The molecule has 0 aliphatic carbocycles. The summed E-state index contributed by atoms with van der Waals surface area (Å²) in [5, 5.41) is 11.8. The summed E-state index contributed by atoms with van der Waals surface area (Å²) in [4.78, 5) is 22.7. The van der Waals surface area contributed by atoms with Gasteiger partial charge in [0.15, 0.2) is 6.04 Å². The van der Waals surface area contributed by atoms with Crippen molar-refractivity contribution in [2.75, 3.05) is 6.61 Å². The van der Waals surface area contributed by atoms with Gasteiger partial charge >= 0.3 is 12.1 Å². The Labute approximate surface area is 128 Å². The van der Waals surface area contributed by atoms with Crippen molar-refractivity contribution in [3.8, 4) is 5.75 Å². The topological polar surface area (TPSA) is 84.9 Å². The molecule has 0 bridgehead atoms. The van der Waals surface area contributed by atoms with Gasteiger partial charge in [-0.3, -0.25) is 0 Å². The molecule has 0 unspecified atom stereocenters. The highest BCUT2D eigenvalue weighted by atomic mass is 35.5. The van der Waals surface area contributed by atoms with E-state index in [0.29, 0.717) is 10.8 Å². The van der Waals surface area contributed by atoms with Gasteiger partial charge < -0.3 is 19.9 Å². The molecule has 21 heavy (non-hydrogen) atoms. The number of benzene rings is 1. The molecule has 1 aromatic rings. The number of carboxylic acids is 1. The van der Waals surface area contributed by atoms with Crippen LogP contribution in [-0.4, -0.2) is 35.4 Å². The smallest absolute Gasteiger partial charge is 0.408 e. The van der Waals surface area contributed by atoms with Crippen LogP contribution in [0.4, 0.5) is 4.79 Å². The second-order valence-corrected chi connectivity index (χ2v) is 5.74. The molecule has 1 aromatic carbocycles. The second kappa shape index (κ2) is 7.17. The van der Waals surface area contributed by atoms with E-state index in [2.05, 4.69) is 5.32 Å². The normalized spacial score (nSPS) is 12.4. The van der Waals surface area contributed by atoms with Crippen LogP contribution in [0.25, 0.3) is 0 Å². The zero-order valence-electron chi connectivity index (χ0n) is 12.1. The average Bonchev–Trinajstić information content (AvgIpc) is 2.32. The maximum atomic E-state index is 11.6. The van der Waals surface area contributed by atoms with Crippen LogP contribution < -0.4 is 10.1 Å². The molecule has 7 heteroatoms. The van der Waals surface area contributed by atoms with Crippen LogP contribution in [0, 0.1) is 0 Å². The quantitative estimate of drug-likeness (QED) is 0.872. The van der Waals surface area contributed by atoms with Crippen molar-refractivity contribution in [3.63, 3.8) is 0 Å².